The van der Waals surface area contributed by atoms with Gasteiger partial charge in [-0.05, 0) is 51.6 Å². The maximum absolute atomic E-state index is 5.82. The molecule has 0 amide bonds. The Morgan fingerprint density at radius 2 is 1.97 bits per heavy atom. The van der Waals surface area contributed by atoms with Gasteiger partial charge in [0, 0.05) is 25.1 Å². The molecule has 166 valence electrons. The number of benzene rings is 1. The molecular weight excluding hydrogens is 378 g/mol. The Bertz CT molecular complexity index is 768. The first kappa shape index (κ1) is 23.7. The third-order valence-corrected chi connectivity index (χ3v) is 4.88. The molecular formula is C23H37N5O2. The predicted octanol–water partition coefficient (Wildman–Crippen LogP) is 3.77. The molecule has 7 nitrogen and oxygen atoms in total. The summed E-state index contributed by atoms with van der Waals surface area (Å²) in [6.07, 6.45) is 2.13. The fourth-order valence-electron chi connectivity index (χ4n) is 3.07. The van der Waals surface area contributed by atoms with Crippen LogP contribution in [0.25, 0.3) is 0 Å². The van der Waals surface area contributed by atoms with Gasteiger partial charge in [0.1, 0.15) is 12.4 Å². The van der Waals surface area contributed by atoms with Gasteiger partial charge in [0.05, 0.1) is 18.8 Å². The third kappa shape index (κ3) is 8.06. The van der Waals surface area contributed by atoms with E-state index < -0.39 is 0 Å². The van der Waals surface area contributed by atoms with Crippen molar-refractivity contribution >= 4 is 5.96 Å². The first-order valence-corrected chi connectivity index (χ1v) is 10.9. The molecule has 0 unspecified atom stereocenters. The van der Waals surface area contributed by atoms with Crippen LogP contribution in [0.2, 0.25) is 0 Å². The largest absolute Gasteiger partial charge is 0.492 e. The van der Waals surface area contributed by atoms with Crippen LogP contribution in [0.5, 0.6) is 5.75 Å². The summed E-state index contributed by atoms with van der Waals surface area (Å²) in [6.45, 7) is 9.86. The molecule has 0 aliphatic carbocycles. The molecule has 30 heavy (non-hydrogen) atoms. The van der Waals surface area contributed by atoms with Crippen molar-refractivity contribution in [2.24, 2.45) is 4.99 Å². The zero-order valence-corrected chi connectivity index (χ0v) is 19.1. The van der Waals surface area contributed by atoms with Gasteiger partial charge < -0.3 is 24.8 Å². The summed E-state index contributed by atoms with van der Waals surface area (Å²) < 4.78 is 11.3. The SMILES string of the molecule is CCNC(=NCc1cccc(OCCN(C)C)c1)NCc1cc(C(CC)CC)no1. The lowest BCUT2D eigenvalue weighted by atomic mass is 9.99. The highest BCUT2D eigenvalue weighted by atomic mass is 16.5. The summed E-state index contributed by atoms with van der Waals surface area (Å²) in [7, 11) is 4.07. The van der Waals surface area contributed by atoms with E-state index in [-0.39, 0.29) is 0 Å². The number of guanidine groups is 1. The average molecular weight is 416 g/mol. The van der Waals surface area contributed by atoms with E-state index in [2.05, 4.69) is 47.5 Å². The van der Waals surface area contributed by atoms with E-state index in [4.69, 9.17) is 14.3 Å². The maximum Gasteiger partial charge on any atom is 0.191 e. The van der Waals surface area contributed by atoms with E-state index in [0.29, 0.717) is 25.6 Å². The Morgan fingerprint density at radius 1 is 1.17 bits per heavy atom. The number of likely N-dealkylation sites (N-methyl/N-ethyl adjacent to an activating group) is 1. The number of nitrogens with one attached hydrogen (secondary N) is 2. The molecule has 0 saturated carbocycles. The molecule has 2 rings (SSSR count). The van der Waals surface area contributed by atoms with Crippen molar-refractivity contribution in [3.63, 3.8) is 0 Å². The van der Waals surface area contributed by atoms with Gasteiger partial charge in [-0.25, -0.2) is 4.99 Å². The minimum atomic E-state index is 0.455. The second-order valence-corrected chi connectivity index (χ2v) is 7.58. The quantitative estimate of drug-likeness (QED) is 0.406. The van der Waals surface area contributed by atoms with E-state index in [9.17, 15) is 0 Å². The molecule has 0 radical (unpaired) electrons. The van der Waals surface area contributed by atoms with Crippen LogP contribution in [0, 0.1) is 0 Å². The van der Waals surface area contributed by atoms with E-state index in [1.165, 1.54) is 0 Å². The molecule has 1 heterocycles. The molecule has 1 aromatic carbocycles. The molecule has 0 saturated heterocycles. The van der Waals surface area contributed by atoms with Crippen molar-refractivity contribution in [2.75, 3.05) is 33.8 Å². The Balaban J connectivity index is 1.93. The van der Waals surface area contributed by atoms with Gasteiger partial charge in [0.15, 0.2) is 11.7 Å². The molecule has 7 heteroatoms. The molecule has 0 aliphatic heterocycles. The molecule has 0 fully saturated rings. The van der Waals surface area contributed by atoms with Crippen molar-refractivity contribution in [1.82, 2.24) is 20.7 Å². The molecule has 0 aliphatic rings. The highest BCUT2D eigenvalue weighted by molar-refractivity contribution is 5.79. The third-order valence-electron chi connectivity index (χ3n) is 4.88. The highest BCUT2D eigenvalue weighted by Crippen LogP contribution is 2.22. The second-order valence-electron chi connectivity index (χ2n) is 7.58. The fourth-order valence-corrected chi connectivity index (χ4v) is 3.07. The van der Waals surface area contributed by atoms with Crippen LogP contribution in [-0.4, -0.2) is 49.8 Å². The van der Waals surface area contributed by atoms with Crippen LogP contribution >= 0.6 is 0 Å². The van der Waals surface area contributed by atoms with Gasteiger partial charge in [0.25, 0.3) is 0 Å². The lowest BCUT2D eigenvalue weighted by molar-refractivity contribution is 0.261. The number of nitrogens with zero attached hydrogens (tertiary/aromatic N) is 3. The summed E-state index contributed by atoms with van der Waals surface area (Å²) >= 11 is 0. The lowest BCUT2D eigenvalue weighted by Crippen LogP contribution is -2.36. The van der Waals surface area contributed by atoms with Gasteiger partial charge in [-0.15, -0.1) is 0 Å². The van der Waals surface area contributed by atoms with Crippen LogP contribution in [0.4, 0.5) is 0 Å². The average Bonchev–Trinajstić information content (AvgIpc) is 3.20. The highest BCUT2D eigenvalue weighted by Gasteiger charge is 2.13. The van der Waals surface area contributed by atoms with E-state index in [0.717, 1.165) is 54.7 Å². The predicted molar refractivity (Wildman–Crippen MR) is 122 cm³/mol. The molecule has 0 spiro atoms. The monoisotopic (exact) mass is 415 g/mol. The minimum absolute atomic E-state index is 0.455. The number of aliphatic imine (C=N–C) groups is 1. The summed E-state index contributed by atoms with van der Waals surface area (Å²) in [4.78, 5) is 6.79. The lowest BCUT2D eigenvalue weighted by Gasteiger charge is -2.12. The van der Waals surface area contributed by atoms with E-state index >= 15 is 0 Å². The van der Waals surface area contributed by atoms with Gasteiger partial charge in [-0.3, -0.25) is 0 Å². The Kier molecular flexibility index (Phi) is 10.2. The number of aromatic nitrogens is 1. The number of rotatable bonds is 12. The molecule has 0 atom stereocenters. The van der Waals surface area contributed by atoms with Crippen LogP contribution < -0.4 is 15.4 Å². The second kappa shape index (κ2) is 12.9. The summed E-state index contributed by atoms with van der Waals surface area (Å²) in [5, 5.41) is 10.8. The first-order chi connectivity index (χ1) is 14.5. The van der Waals surface area contributed by atoms with Crippen LogP contribution in [0.3, 0.4) is 0 Å². The van der Waals surface area contributed by atoms with Crippen molar-refractivity contribution in [2.45, 2.75) is 52.6 Å². The van der Waals surface area contributed by atoms with Gasteiger partial charge in [-0.2, -0.15) is 0 Å². The Morgan fingerprint density at radius 3 is 2.67 bits per heavy atom. The number of hydrogen-bond acceptors (Lipinski definition) is 5. The van der Waals surface area contributed by atoms with Gasteiger partial charge in [-0.1, -0.05) is 31.1 Å². The molecule has 2 N–H and O–H groups in total. The molecule has 2 aromatic rings. The first-order valence-electron chi connectivity index (χ1n) is 10.9. The van der Waals surface area contributed by atoms with Crippen molar-refractivity contribution in [3.05, 3.63) is 47.3 Å². The summed E-state index contributed by atoms with van der Waals surface area (Å²) in [6, 6.07) is 10.1. The topological polar surface area (TPSA) is 74.9 Å². The van der Waals surface area contributed by atoms with Crippen LogP contribution in [0.15, 0.2) is 39.8 Å². The van der Waals surface area contributed by atoms with E-state index in [1.807, 2.05) is 38.4 Å². The summed E-state index contributed by atoms with van der Waals surface area (Å²) in [5.74, 6) is 2.89. The van der Waals surface area contributed by atoms with E-state index in [1.54, 1.807) is 0 Å². The zero-order valence-electron chi connectivity index (χ0n) is 19.1. The minimum Gasteiger partial charge on any atom is -0.492 e. The molecule has 0 bridgehead atoms. The standard InChI is InChI=1S/C23H37N5O2/c1-6-19(7-2)22-15-21(30-27-22)17-26-23(24-8-3)25-16-18-10-9-11-20(14-18)29-13-12-28(4)5/h9-11,14-15,19H,6-8,12-13,16-17H2,1-5H3,(H2,24,25,26). The summed E-state index contributed by atoms with van der Waals surface area (Å²) in [5.41, 5.74) is 2.13. The van der Waals surface area contributed by atoms with Crippen molar-refractivity contribution < 1.29 is 9.26 Å². The molecule has 1 aromatic heterocycles. The maximum atomic E-state index is 5.82. The van der Waals surface area contributed by atoms with Crippen molar-refractivity contribution in [3.8, 4) is 5.75 Å². The van der Waals surface area contributed by atoms with Gasteiger partial charge in [0.2, 0.25) is 0 Å². The number of ether oxygens (including phenoxy) is 1. The Labute approximate surface area is 180 Å². The fraction of sp³-hybridized carbons (Fsp3) is 0.565. The smallest absolute Gasteiger partial charge is 0.191 e. The van der Waals surface area contributed by atoms with Crippen molar-refractivity contribution in [1.29, 1.82) is 0 Å². The zero-order chi connectivity index (χ0) is 21.8. The van der Waals surface area contributed by atoms with Gasteiger partial charge >= 0.3 is 0 Å². The van der Waals surface area contributed by atoms with Crippen LogP contribution in [-0.2, 0) is 13.1 Å². The number of hydrogen-bond donors (Lipinski definition) is 2. The normalized spacial score (nSPS) is 11.9. The Hall–Kier alpha value is -2.54. The van der Waals surface area contributed by atoms with Crippen LogP contribution in [0.1, 0.15) is 56.5 Å².